The van der Waals surface area contributed by atoms with Gasteiger partial charge >= 0.3 is 5.69 Å². The van der Waals surface area contributed by atoms with Gasteiger partial charge in [0.1, 0.15) is 0 Å². The Labute approximate surface area is 73.8 Å². The minimum absolute atomic E-state index is 0.322. The molecule has 0 aromatic heterocycles. The summed E-state index contributed by atoms with van der Waals surface area (Å²) in [5.74, 6) is -0.927. The summed E-state index contributed by atoms with van der Waals surface area (Å²) in [6.07, 6.45) is -0.824. The molecule has 5 heteroatoms. The van der Waals surface area contributed by atoms with Gasteiger partial charge in [-0.25, -0.2) is 0 Å². The van der Waals surface area contributed by atoms with E-state index in [1.807, 2.05) is 0 Å². The Hall–Kier alpha value is -1.49. The summed E-state index contributed by atoms with van der Waals surface area (Å²) < 4.78 is 12.9. The molecule has 13 heavy (non-hydrogen) atoms. The Balaban J connectivity index is 3.13. The standard InChI is InChI=1S/C8H8FNO3/c1-5(11)6-2-3-8(10(12)13)7(9)4-6/h2-5,11H,1H3/t5-/m1/s1. The number of rotatable bonds is 2. The first-order valence-electron chi connectivity index (χ1n) is 3.64. The summed E-state index contributed by atoms with van der Waals surface area (Å²) >= 11 is 0. The van der Waals surface area contributed by atoms with Crippen LogP contribution in [-0.4, -0.2) is 10.0 Å². The number of nitro benzene ring substituents is 1. The van der Waals surface area contributed by atoms with E-state index in [0.29, 0.717) is 5.56 Å². The third-order valence-electron chi connectivity index (χ3n) is 1.65. The second-order valence-electron chi connectivity index (χ2n) is 2.64. The summed E-state index contributed by atoms with van der Waals surface area (Å²) in [6.45, 7) is 1.46. The zero-order valence-electron chi connectivity index (χ0n) is 6.90. The van der Waals surface area contributed by atoms with E-state index in [2.05, 4.69) is 0 Å². The molecule has 0 radical (unpaired) electrons. The van der Waals surface area contributed by atoms with Crippen molar-refractivity contribution < 1.29 is 14.4 Å². The zero-order valence-corrected chi connectivity index (χ0v) is 6.90. The Morgan fingerprint density at radius 1 is 1.62 bits per heavy atom. The number of aliphatic hydroxyl groups is 1. The van der Waals surface area contributed by atoms with Crippen molar-refractivity contribution in [2.75, 3.05) is 0 Å². The first-order chi connectivity index (χ1) is 6.02. The van der Waals surface area contributed by atoms with Gasteiger partial charge in [-0.3, -0.25) is 10.1 Å². The highest BCUT2D eigenvalue weighted by molar-refractivity contribution is 5.35. The molecule has 1 N–H and O–H groups in total. The smallest absolute Gasteiger partial charge is 0.304 e. The maximum absolute atomic E-state index is 12.9. The second kappa shape index (κ2) is 3.49. The van der Waals surface area contributed by atoms with Crippen LogP contribution in [0.5, 0.6) is 0 Å². The van der Waals surface area contributed by atoms with Crippen LogP contribution in [0.4, 0.5) is 10.1 Å². The molecule has 0 aliphatic heterocycles. The largest absolute Gasteiger partial charge is 0.389 e. The molecule has 70 valence electrons. The van der Waals surface area contributed by atoms with Gasteiger partial charge in [0.15, 0.2) is 0 Å². The number of hydrogen-bond acceptors (Lipinski definition) is 3. The van der Waals surface area contributed by atoms with Crippen LogP contribution < -0.4 is 0 Å². The van der Waals surface area contributed by atoms with Crippen molar-refractivity contribution in [2.24, 2.45) is 0 Å². The van der Waals surface area contributed by atoms with Gasteiger partial charge in [-0.1, -0.05) is 0 Å². The van der Waals surface area contributed by atoms with Crippen molar-refractivity contribution in [2.45, 2.75) is 13.0 Å². The van der Waals surface area contributed by atoms with Crippen molar-refractivity contribution in [1.82, 2.24) is 0 Å². The average molecular weight is 185 g/mol. The van der Waals surface area contributed by atoms with Crippen LogP contribution in [0.2, 0.25) is 0 Å². The van der Waals surface area contributed by atoms with Crippen molar-refractivity contribution in [1.29, 1.82) is 0 Å². The minimum Gasteiger partial charge on any atom is -0.389 e. The van der Waals surface area contributed by atoms with E-state index >= 15 is 0 Å². The van der Waals surface area contributed by atoms with Crippen LogP contribution >= 0.6 is 0 Å². The lowest BCUT2D eigenvalue weighted by atomic mass is 10.1. The molecule has 4 nitrogen and oxygen atoms in total. The number of nitro groups is 1. The first-order valence-corrected chi connectivity index (χ1v) is 3.64. The number of halogens is 1. The number of aliphatic hydroxyl groups excluding tert-OH is 1. The van der Waals surface area contributed by atoms with Crippen LogP contribution in [0, 0.1) is 15.9 Å². The van der Waals surface area contributed by atoms with Crippen LogP contribution in [0.15, 0.2) is 18.2 Å². The first kappa shape index (κ1) is 9.60. The number of benzene rings is 1. The summed E-state index contributed by atoms with van der Waals surface area (Å²) in [6, 6.07) is 3.33. The summed E-state index contributed by atoms with van der Waals surface area (Å²) in [4.78, 5) is 9.40. The van der Waals surface area contributed by atoms with E-state index in [9.17, 15) is 14.5 Å². The fourth-order valence-corrected chi connectivity index (χ4v) is 0.931. The van der Waals surface area contributed by atoms with Crippen molar-refractivity contribution in [3.8, 4) is 0 Å². The predicted molar refractivity (Wildman–Crippen MR) is 43.7 cm³/mol. The monoisotopic (exact) mass is 185 g/mol. The van der Waals surface area contributed by atoms with Crippen LogP contribution in [0.3, 0.4) is 0 Å². The highest BCUT2D eigenvalue weighted by Gasteiger charge is 2.14. The maximum atomic E-state index is 12.9. The molecule has 0 heterocycles. The topological polar surface area (TPSA) is 63.4 Å². The molecule has 0 aliphatic carbocycles. The Morgan fingerprint density at radius 2 is 2.23 bits per heavy atom. The average Bonchev–Trinajstić information content (AvgIpc) is 2.03. The van der Waals surface area contributed by atoms with Gasteiger partial charge in [-0.05, 0) is 24.6 Å². The molecule has 1 atom stereocenters. The van der Waals surface area contributed by atoms with Crippen LogP contribution in [-0.2, 0) is 0 Å². The van der Waals surface area contributed by atoms with Crippen LogP contribution in [0.25, 0.3) is 0 Å². The van der Waals surface area contributed by atoms with Gasteiger partial charge in [0, 0.05) is 6.07 Å². The molecule has 0 fully saturated rings. The van der Waals surface area contributed by atoms with Gasteiger partial charge in [0.2, 0.25) is 5.82 Å². The normalized spacial score (nSPS) is 12.5. The molecule has 0 spiro atoms. The quantitative estimate of drug-likeness (QED) is 0.564. The van der Waals surface area contributed by atoms with E-state index in [1.165, 1.54) is 13.0 Å². The highest BCUT2D eigenvalue weighted by atomic mass is 19.1. The van der Waals surface area contributed by atoms with E-state index in [1.54, 1.807) is 0 Å². The highest BCUT2D eigenvalue weighted by Crippen LogP contribution is 2.21. The number of nitrogens with zero attached hydrogens (tertiary/aromatic N) is 1. The summed E-state index contributed by atoms with van der Waals surface area (Å²) in [7, 11) is 0. The molecule has 0 amide bonds. The van der Waals surface area contributed by atoms with E-state index in [4.69, 9.17) is 5.11 Å². The Morgan fingerprint density at radius 3 is 2.62 bits per heavy atom. The molecule has 0 aliphatic rings. The summed E-state index contributed by atoms with van der Waals surface area (Å²) in [5.41, 5.74) is -0.257. The molecular weight excluding hydrogens is 177 g/mol. The zero-order chi connectivity index (χ0) is 10.0. The minimum atomic E-state index is -0.927. The van der Waals surface area contributed by atoms with Gasteiger partial charge in [-0.15, -0.1) is 0 Å². The van der Waals surface area contributed by atoms with Crippen molar-refractivity contribution >= 4 is 5.69 Å². The van der Waals surface area contributed by atoms with Gasteiger partial charge in [0.05, 0.1) is 11.0 Å². The second-order valence-corrected chi connectivity index (χ2v) is 2.64. The molecular formula is C8H8FNO3. The molecule has 1 rings (SSSR count). The molecule has 0 bridgehead atoms. The third-order valence-corrected chi connectivity index (χ3v) is 1.65. The van der Waals surface area contributed by atoms with Crippen molar-refractivity contribution in [3.63, 3.8) is 0 Å². The van der Waals surface area contributed by atoms with Crippen LogP contribution in [0.1, 0.15) is 18.6 Å². The van der Waals surface area contributed by atoms with Gasteiger partial charge in [0.25, 0.3) is 0 Å². The van der Waals surface area contributed by atoms with Crippen molar-refractivity contribution in [3.05, 3.63) is 39.7 Å². The van der Waals surface area contributed by atoms with Gasteiger partial charge < -0.3 is 5.11 Å². The predicted octanol–water partition coefficient (Wildman–Crippen LogP) is 1.79. The SMILES string of the molecule is C[C@@H](O)c1ccc([N+](=O)[O-])c(F)c1. The lowest BCUT2D eigenvalue weighted by Gasteiger charge is -2.03. The van der Waals surface area contributed by atoms with Gasteiger partial charge in [-0.2, -0.15) is 4.39 Å². The third kappa shape index (κ3) is 2.00. The van der Waals surface area contributed by atoms with E-state index < -0.39 is 22.5 Å². The molecule has 0 saturated carbocycles. The lowest BCUT2D eigenvalue weighted by Crippen LogP contribution is -1.96. The Bertz CT molecular complexity index is 338. The molecule has 1 aromatic carbocycles. The number of hydrogen-bond donors (Lipinski definition) is 1. The molecule has 0 unspecified atom stereocenters. The summed E-state index contributed by atoms with van der Waals surface area (Å²) in [5, 5.41) is 19.2. The fraction of sp³-hybridized carbons (Fsp3) is 0.250. The maximum Gasteiger partial charge on any atom is 0.304 e. The molecule has 0 saturated heterocycles. The Kier molecular flexibility index (Phi) is 2.57. The van der Waals surface area contributed by atoms with E-state index in [0.717, 1.165) is 12.1 Å². The lowest BCUT2D eigenvalue weighted by molar-refractivity contribution is -0.387. The molecule has 1 aromatic rings. The fourth-order valence-electron chi connectivity index (χ4n) is 0.931. The van der Waals surface area contributed by atoms with E-state index in [-0.39, 0.29) is 0 Å².